The summed E-state index contributed by atoms with van der Waals surface area (Å²) in [4.78, 5) is 28.8. The molecule has 0 spiro atoms. The summed E-state index contributed by atoms with van der Waals surface area (Å²) in [5.41, 5.74) is -0.355. The van der Waals surface area contributed by atoms with Crippen LogP contribution in [-0.2, 0) is 15.8 Å². The maximum absolute atomic E-state index is 13.1. The van der Waals surface area contributed by atoms with Crippen LogP contribution in [0.2, 0.25) is 0 Å². The average Bonchev–Trinajstić information content (AvgIpc) is 2.79. The Hall–Kier alpha value is -2.98. The van der Waals surface area contributed by atoms with Crippen molar-refractivity contribution < 1.29 is 27.2 Å². The maximum Gasteiger partial charge on any atom is 0.418 e. The van der Waals surface area contributed by atoms with Crippen LogP contribution in [0.5, 0.6) is 0 Å². The fourth-order valence-corrected chi connectivity index (χ4v) is 3.88. The van der Waals surface area contributed by atoms with E-state index < -0.39 is 23.7 Å². The molecule has 1 fully saturated rings. The first kappa shape index (κ1) is 25.6. The smallest absolute Gasteiger partial charge is 0.348 e. The van der Waals surface area contributed by atoms with Crippen molar-refractivity contribution in [3.63, 3.8) is 0 Å². The molecule has 0 aromatic heterocycles. The van der Waals surface area contributed by atoms with Gasteiger partial charge in [0, 0.05) is 26.2 Å². The van der Waals surface area contributed by atoms with Crippen LogP contribution >= 0.6 is 0 Å². The SMILES string of the molecule is CC(NC(=O)C(C)N1CCN(CC(=O)Nc2ccccc2C(F)(F)F)CC1)c1ccc(F)cc1. The van der Waals surface area contributed by atoms with Gasteiger partial charge in [0.15, 0.2) is 0 Å². The Morgan fingerprint density at radius 2 is 1.59 bits per heavy atom. The van der Waals surface area contributed by atoms with Gasteiger partial charge in [-0.15, -0.1) is 0 Å². The second-order valence-electron chi connectivity index (χ2n) is 8.36. The Labute approximate surface area is 195 Å². The molecule has 2 unspecified atom stereocenters. The third-order valence-corrected chi connectivity index (χ3v) is 5.94. The molecule has 184 valence electrons. The fraction of sp³-hybridized carbons (Fsp3) is 0.417. The summed E-state index contributed by atoms with van der Waals surface area (Å²) < 4.78 is 52.5. The van der Waals surface area contributed by atoms with Crippen LogP contribution in [0.3, 0.4) is 0 Å². The van der Waals surface area contributed by atoms with Crippen molar-refractivity contribution in [3.8, 4) is 0 Å². The van der Waals surface area contributed by atoms with Crippen molar-refractivity contribution in [2.24, 2.45) is 0 Å². The Morgan fingerprint density at radius 1 is 0.971 bits per heavy atom. The quantitative estimate of drug-likeness (QED) is 0.594. The van der Waals surface area contributed by atoms with E-state index in [1.54, 1.807) is 19.1 Å². The zero-order valence-corrected chi connectivity index (χ0v) is 19.0. The molecule has 2 aromatic carbocycles. The Morgan fingerprint density at radius 3 is 2.21 bits per heavy atom. The zero-order valence-electron chi connectivity index (χ0n) is 19.0. The molecule has 1 heterocycles. The molecule has 1 aliphatic heterocycles. The normalized spacial score (nSPS) is 17.1. The number of hydrogen-bond donors (Lipinski definition) is 2. The van der Waals surface area contributed by atoms with Gasteiger partial charge in [0.05, 0.1) is 29.9 Å². The largest absolute Gasteiger partial charge is 0.418 e. The third-order valence-electron chi connectivity index (χ3n) is 5.94. The number of amides is 2. The highest BCUT2D eigenvalue weighted by Gasteiger charge is 2.34. The maximum atomic E-state index is 13.1. The molecule has 1 saturated heterocycles. The number of carbonyl (C=O) groups is 2. The molecule has 34 heavy (non-hydrogen) atoms. The van der Waals surface area contributed by atoms with Crippen LogP contribution in [0.1, 0.15) is 31.0 Å². The van der Waals surface area contributed by atoms with E-state index in [-0.39, 0.29) is 30.0 Å². The van der Waals surface area contributed by atoms with E-state index in [9.17, 15) is 27.2 Å². The Kier molecular flexibility index (Phi) is 8.27. The van der Waals surface area contributed by atoms with Gasteiger partial charge in [0.1, 0.15) is 5.82 Å². The number of piperazine rings is 1. The number of nitrogens with one attached hydrogen (secondary N) is 2. The minimum atomic E-state index is -4.56. The highest BCUT2D eigenvalue weighted by molar-refractivity contribution is 5.93. The van der Waals surface area contributed by atoms with Crippen molar-refractivity contribution in [1.82, 2.24) is 15.1 Å². The molecule has 6 nitrogen and oxygen atoms in total. The predicted molar refractivity (Wildman–Crippen MR) is 121 cm³/mol. The minimum Gasteiger partial charge on any atom is -0.348 e. The molecular weight excluding hydrogens is 452 g/mol. The summed E-state index contributed by atoms with van der Waals surface area (Å²) >= 11 is 0. The second-order valence-corrected chi connectivity index (χ2v) is 8.36. The summed E-state index contributed by atoms with van der Waals surface area (Å²) in [6, 6.07) is 10.1. The van der Waals surface area contributed by atoms with Gasteiger partial charge < -0.3 is 10.6 Å². The third kappa shape index (κ3) is 6.77. The van der Waals surface area contributed by atoms with Crippen LogP contribution in [0.15, 0.2) is 48.5 Å². The van der Waals surface area contributed by atoms with Crippen molar-refractivity contribution in [1.29, 1.82) is 0 Å². The van der Waals surface area contributed by atoms with E-state index in [1.807, 2.05) is 16.7 Å². The van der Waals surface area contributed by atoms with E-state index >= 15 is 0 Å². The first-order chi connectivity index (χ1) is 16.0. The number of rotatable bonds is 7. The van der Waals surface area contributed by atoms with Crippen LogP contribution in [0, 0.1) is 5.82 Å². The molecule has 10 heteroatoms. The molecule has 3 rings (SSSR count). The lowest BCUT2D eigenvalue weighted by molar-refractivity contribution is -0.137. The Bertz CT molecular complexity index is 989. The fourth-order valence-electron chi connectivity index (χ4n) is 3.88. The molecule has 0 aliphatic carbocycles. The van der Waals surface area contributed by atoms with E-state index in [2.05, 4.69) is 10.6 Å². The van der Waals surface area contributed by atoms with Crippen molar-refractivity contribution in [2.75, 3.05) is 38.0 Å². The number of alkyl halides is 3. The van der Waals surface area contributed by atoms with Crippen molar-refractivity contribution >= 4 is 17.5 Å². The molecule has 2 N–H and O–H groups in total. The van der Waals surface area contributed by atoms with Crippen LogP contribution in [-0.4, -0.2) is 60.4 Å². The van der Waals surface area contributed by atoms with E-state index in [0.717, 1.165) is 11.6 Å². The second kappa shape index (κ2) is 11.0. The molecule has 0 bridgehead atoms. The molecule has 2 atom stereocenters. The minimum absolute atomic E-state index is 0.0395. The lowest BCUT2D eigenvalue weighted by Crippen LogP contribution is -2.55. The average molecular weight is 481 g/mol. The van der Waals surface area contributed by atoms with Gasteiger partial charge in [-0.2, -0.15) is 13.2 Å². The van der Waals surface area contributed by atoms with Gasteiger partial charge in [-0.3, -0.25) is 19.4 Å². The lowest BCUT2D eigenvalue weighted by Gasteiger charge is -2.37. The molecule has 2 amide bonds. The van der Waals surface area contributed by atoms with Gasteiger partial charge in [0.2, 0.25) is 11.8 Å². The summed E-state index contributed by atoms with van der Waals surface area (Å²) in [5, 5.41) is 5.28. The van der Waals surface area contributed by atoms with E-state index in [1.165, 1.54) is 30.3 Å². The summed E-state index contributed by atoms with van der Waals surface area (Å²) in [6.07, 6.45) is -4.56. The predicted octanol–water partition coefficient (Wildman–Crippen LogP) is 3.67. The Balaban J connectivity index is 1.47. The summed E-state index contributed by atoms with van der Waals surface area (Å²) in [6.45, 7) is 5.65. The van der Waals surface area contributed by atoms with Crippen LogP contribution < -0.4 is 10.6 Å². The highest BCUT2D eigenvalue weighted by Crippen LogP contribution is 2.34. The van der Waals surface area contributed by atoms with E-state index in [0.29, 0.717) is 26.2 Å². The monoisotopic (exact) mass is 480 g/mol. The van der Waals surface area contributed by atoms with Crippen LogP contribution in [0.25, 0.3) is 0 Å². The van der Waals surface area contributed by atoms with Crippen molar-refractivity contribution in [3.05, 3.63) is 65.5 Å². The molecule has 1 aliphatic rings. The lowest BCUT2D eigenvalue weighted by atomic mass is 10.1. The zero-order chi connectivity index (χ0) is 24.9. The van der Waals surface area contributed by atoms with E-state index in [4.69, 9.17) is 0 Å². The molecule has 0 radical (unpaired) electrons. The molecule has 2 aromatic rings. The number of nitrogens with zero attached hydrogens (tertiary/aromatic N) is 2. The van der Waals surface area contributed by atoms with Gasteiger partial charge >= 0.3 is 6.18 Å². The summed E-state index contributed by atoms with van der Waals surface area (Å²) in [7, 11) is 0. The van der Waals surface area contributed by atoms with Gasteiger partial charge in [-0.1, -0.05) is 24.3 Å². The number of anilines is 1. The van der Waals surface area contributed by atoms with Gasteiger partial charge in [-0.25, -0.2) is 4.39 Å². The standard InChI is InChI=1S/C24H28F4N4O2/c1-16(18-7-9-19(25)10-8-18)29-23(34)17(2)32-13-11-31(12-14-32)15-22(33)30-21-6-4-3-5-20(21)24(26,27)28/h3-10,16-17H,11-15H2,1-2H3,(H,29,34)(H,30,33). The number of para-hydroxylation sites is 1. The number of hydrogen-bond acceptors (Lipinski definition) is 4. The molecular formula is C24H28F4N4O2. The van der Waals surface area contributed by atoms with Gasteiger partial charge in [0.25, 0.3) is 0 Å². The molecule has 0 saturated carbocycles. The first-order valence-corrected chi connectivity index (χ1v) is 11.0. The van der Waals surface area contributed by atoms with Crippen LogP contribution in [0.4, 0.5) is 23.2 Å². The number of benzene rings is 2. The highest BCUT2D eigenvalue weighted by atomic mass is 19.4. The van der Waals surface area contributed by atoms with Crippen molar-refractivity contribution in [2.45, 2.75) is 32.1 Å². The van der Waals surface area contributed by atoms with Gasteiger partial charge in [-0.05, 0) is 43.7 Å². The number of carbonyl (C=O) groups excluding carboxylic acids is 2. The topological polar surface area (TPSA) is 64.7 Å². The first-order valence-electron chi connectivity index (χ1n) is 11.0. The summed E-state index contributed by atoms with van der Waals surface area (Å²) in [5.74, 6) is -1.03. The number of halogens is 4.